The highest BCUT2D eigenvalue weighted by Crippen LogP contribution is 2.31. The topological polar surface area (TPSA) is 58.2 Å². The summed E-state index contributed by atoms with van der Waals surface area (Å²) in [5.74, 6) is 0. The molecule has 4 rings (SSSR count). The Labute approximate surface area is 234 Å². The maximum Gasteiger partial charge on any atom is 0.241 e. The molecule has 3 aromatic rings. The first-order chi connectivity index (χ1) is 17.9. The van der Waals surface area contributed by atoms with Crippen LogP contribution in [0.1, 0.15) is 67.8 Å². The van der Waals surface area contributed by atoms with E-state index in [9.17, 15) is 8.42 Å². The van der Waals surface area contributed by atoms with Gasteiger partial charge in [0.15, 0.2) is 0 Å². The Morgan fingerprint density at radius 2 is 1.37 bits per heavy atom. The number of sulfonamides is 1. The van der Waals surface area contributed by atoms with Crippen molar-refractivity contribution in [3.05, 3.63) is 125 Å². The van der Waals surface area contributed by atoms with Crippen LogP contribution in [0.25, 0.3) is 0 Å². The molecule has 3 aromatic carbocycles. The predicted molar refractivity (Wildman–Crippen MR) is 160 cm³/mol. The molecule has 0 bridgehead atoms. The van der Waals surface area contributed by atoms with Crippen molar-refractivity contribution < 1.29 is 8.42 Å². The Hall–Kier alpha value is -2.70. The lowest BCUT2D eigenvalue weighted by Crippen LogP contribution is -2.39. The third-order valence-electron chi connectivity index (χ3n) is 6.93. The summed E-state index contributed by atoms with van der Waals surface area (Å²) in [4.78, 5) is 0.274. The van der Waals surface area contributed by atoms with Crippen LogP contribution in [0.15, 0.2) is 113 Å². The van der Waals surface area contributed by atoms with Crippen LogP contribution in [0.5, 0.6) is 0 Å². The molecule has 0 unspecified atom stereocenters. The van der Waals surface area contributed by atoms with Gasteiger partial charge in [-0.2, -0.15) is 0 Å². The molecule has 0 heterocycles. The highest BCUT2D eigenvalue weighted by Gasteiger charge is 2.29. The van der Waals surface area contributed by atoms with Gasteiger partial charge in [-0.3, -0.25) is 0 Å². The molecular formula is C32H39ClN2O2S. The van der Waals surface area contributed by atoms with Crippen LogP contribution in [0.2, 0.25) is 0 Å². The zero-order valence-electron chi connectivity index (χ0n) is 22.3. The number of hydrogen-bond acceptors (Lipinski definition) is 3. The normalized spacial score (nSPS) is 15.1. The highest BCUT2D eigenvalue weighted by molar-refractivity contribution is 7.89. The predicted octanol–water partition coefficient (Wildman–Crippen LogP) is 7.60. The SMILES string of the molecule is CC1=CCC=C(CCCCN[C@H](c2ccccc2)[C@@H](NS(=O)(=O)c2ccc(C)cc2)c2ccccc2)C1.Cl. The van der Waals surface area contributed by atoms with Gasteiger partial charge in [0, 0.05) is 0 Å². The fraction of sp³-hybridized carbons (Fsp3) is 0.312. The summed E-state index contributed by atoms with van der Waals surface area (Å²) in [6.07, 6.45) is 10.1. The van der Waals surface area contributed by atoms with Gasteiger partial charge in [0.1, 0.15) is 0 Å². The van der Waals surface area contributed by atoms with Crippen LogP contribution in [-0.4, -0.2) is 15.0 Å². The molecule has 38 heavy (non-hydrogen) atoms. The molecule has 202 valence electrons. The minimum Gasteiger partial charge on any atom is -0.308 e. The largest absolute Gasteiger partial charge is 0.308 e. The summed E-state index contributed by atoms with van der Waals surface area (Å²) in [6, 6.07) is 26.3. The van der Waals surface area contributed by atoms with Gasteiger partial charge >= 0.3 is 0 Å². The third kappa shape index (κ3) is 8.40. The van der Waals surface area contributed by atoms with Crippen LogP contribution in [0.4, 0.5) is 0 Å². The van der Waals surface area contributed by atoms with Gasteiger partial charge in [-0.05, 0) is 75.8 Å². The number of rotatable bonds is 12. The van der Waals surface area contributed by atoms with Crippen molar-refractivity contribution in [3.63, 3.8) is 0 Å². The molecule has 0 aliphatic heterocycles. The molecule has 0 fully saturated rings. The fourth-order valence-corrected chi connectivity index (χ4v) is 6.12. The third-order valence-corrected chi connectivity index (χ3v) is 8.39. The zero-order chi connectivity index (χ0) is 26.1. The smallest absolute Gasteiger partial charge is 0.241 e. The second-order valence-electron chi connectivity index (χ2n) is 9.95. The van der Waals surface area contributed by atoms with Crippen molar-refractivity contribution in [3.8, 4) is 0 Å². The average Bonchev–Trinajstić information content (AvgIpc) is 2.91. The van der Waals surface area contributed by atoms with E-state index in [4.69, 9.17) is 0 Å². The number of aryl methyl sites for hydroxylation is 1. The fourth-order valence-electron chi connectivity index (χ4n) is 4.88. The first kappa shape index (κ1) is 29.9. The minimum atomic E-state index is -3.74. The second-order valence-corrected chi connectivity index (χ2v) is 11.7. The van der Waals surface area contributed by atoms with Crippen molar-refractivity contribution in [2.45, 2.75) is 62.9 Å². The van der Waals surface area contributed by atoms with Gasteiger partial charge in [0.25, 0.3) is 0 Å². The van der Waals surface area contributed by atoms with Crippen LogP contribution < -0.4 is 10.0 Å². The van der Waals surface area contributed by atoms with Gasteiger partial charge in [-0.1, -0.05) is 102 Å². The summed E-state index contributed by atoms with van der Waals surface area (Å²) in [7, 11) is -3.74. The quantitative estimate of drug-likeness (QED) is 0.180. The molecule has 0 spiro atoms. The summed E-state index contributed by atoms with van der Waals surface area (Å²) < 4.78 is 30.0. The molecule has 1 aliphatic rings. The number of unbranched alkanes of at least 4 members (excludes halogenated alkanes) is 1. The number of hydrogen-bond donors (Lipinski definition) is 2. The van der Waals surface area contributed by atoms with E-state index in [2.05, 4.69) is 41.2 Å². The number of benzene rings is 3. The number of nitrogens with one attached hydrogen (secondary N) is 2. The molecule has 2 atom stereocenters. The first-order valence-electron chi connectivity index (χ1n) is 13.2. The number of allylic oxidation sites excluding steroid dienone is 4. The monoisotopic (exact) mass is 550 g/mol. The van der Waals surface area contributed by atoms with E-state index in [1.165, 1.54) is 11.1 Å². The van der Waals surface area contributed by atoms with Gasteiger partial charge in [0.05, 0.1) is 17.0 Å². The lowest BCUT2D eigenvalue weighted by molar-refractivity contribution is 0.417. The summed E-state index contributed by atoms with van der Waals surface area (Å²) in [6.45, 7) is 4.96. The Bertz CT molecular complexity index is 1300. The van der Waals surface area contributed by atoms with Crippen molar-refractivity contribution in [1.29, 1.82) is 0 Å². The maximum absolute atomic E-state index is 13.5. The average molecular weight is 551 g/mol. The van der Waals surface area contributed by atoms with Gasteiger partial charge in [0.2, 0.25) is 10.0 Å². The van der Waals surface area contributed by atoms with Gasteiger partial charge in [-0.15, -0.1) is 12.4 Å². The Kier molecular flexibility index (Phi) is 11.4. The lowest BCUT2D eigenvalue weighted by atomic mass is 9.93. The molecule has 4 nitrogen and oxygen atoms in total. The Balaban J connectivity index is 0.00000400. The molecule has 0 saturated heterocycles. The molecule has 0 radical (unpaired) electrons. The van der Waals surface area contributed by atoms with Crippen molar-refractivity contribution in [1.82, 2.24) is 10.0 Å². The molecule has 0 saturated carbocycles. The van der Waals surface area contributed by atoms with E-state index < -0.39 is 16.1 Å². The number of halogens is 1. The van der Waals surface area contributed by atoms with Crippen molar-refractivity contribution in [2.75, 3.05) is 6.54 Å². The van der Waals surface area contributed by atoms with Crippen LogP contribution in [-0.2, 0) is 10.0 Å². The van der Waals surface area contributed by atoms with Crippen LogP contribution in [0.3, 0.4) is 0 Å². The molecule has 0 aromatic heterocycles. The van der Waals surface area contributed by atoms with E-state index in [0.29, 0.717) is 0 Å². The van der Waals surface area contributed by atoms with E-state index in [1.807, 2.05) is 67.6 Å². The maximum atomic E-state index is 13.5. The van der Waals surface area contributed by atoms with E-state index in [-0.39, 0.29) is 23.3 Å². The van der Waals surface area contributed by atoms with Crippen LogP contribution >= 0.6 is 12.4 Å². The molecular weight excluding hydrogens is 512 g/mol. The molecule has 1 aliphatic carbocycles. The lowest BCUT2D eigenvalue weighted by Gasteiger charge is -2.30. The molecule has 6 heteroatoms. The summed E-state index contributed by atoms with van der Waals surface area (Å²) in [5.41, 5.74) is 6.00. The minimum absolute atomic E-state index is 0. The van der Waals surface area contributed by atoms with Crippen molar-refractivity contribution >= 4 is 22.4 Å². The van der Waals surface area contributed by atoms with Gasteiger partial charge in [-0.25, -0.2) is 13.1 Å². The zero-order valence-corrected chi connectivity index (χ0v) is 23.9. The molecule has 0 amide bonds. The summed E-state index contributed by atoms with van der Waals surface area (Å²) in [5, 5.41) is 3.71. The Morgan fingerprint density at radius 3 is 1.97 bits per heavy atom. The summed E-state index contributed by atoms with van der Waals surface area (Å²) >= 11 is 0. The first-order valence-corrected chi connectivity index (χ1v) is 14.7. The van der Waals surface area contributed by atoms with Gasteiger partial charge < -0.3 is 5.32 Å². The second kappa shape index (κ2) is 14.5. The van der Waals surface area contributed by atoms with E-state index in [1.54, 1.807) is 12.1 Å². The van der Waals surface area contributed by atoms with E-state index in [0.717, 1.165) is 55.3 Å². The standard InChI is InChI=1S/C32H38N2O2S.ClH/c1-25-19-21-30(22-20-25)37(35,36)34-32(29-17-7-4-8-18-29)31(28-15-5-3-6-16-28)33-23-10-9-13-27-14-11-12-26(2)24-27;/h3-8,12,14-22,31-34H,9-11,13,23-24H2,1-2H3;1H/t31-,32+;/m1./s1. The Morgan fingerprint density at radius 1 is 0.763 bits per heavy atom. The van der Waals surface area contributed by atoms with Crippen molar-refractivity contribution in [2.24, 2.45) is 0 Å². The molecule has 2 N–H and O–H groups in total. The van der Waals surface area contributed by atoms with Crippen LogP contribution in [0, 0.1) is 6.92 Å². The highest BCUT2D eigenvalue weighted by atomic mass is 35.5. The van der Waals surface area contributed by atoms with E-state index >= 15 is 0 Å².